The maximum atomic E-state index is 10.6. The van der Waals surface area contributed by atoms with Gasteiger partial charge in [-0.2, -0.15) is 0 Å². The van der Waals surface area contributed by atoms with Gasteiger partial charge < -0.3 is 9.15 Å². The predicted octanol–water partition coefficient (Wildman–Crippen LogP) is 4.46. The number of carbonyl (C=O) groups is 1. The third kappa shape index (κ3) is 2.52. The molecule has 0 N–H and O–H groups in total. The zero-order chi connectivity index (χ0) is 13.1. The minimum Gasteiger partial charge on any atom is -0.492 e. The molecule has 0 aliphatic carbocycles. The quantitative estimate of drug-likeness (QED) is 0.778. The monoisotopic (exact) mass is 284 g/mol. The zero-order valence-electron chi connectivity index (χ0n) is 9.57. The molecule has 2 rings (SSSR count). The van der Waals surface area contributed by atoms with Gasteiger partial charge in [0, 0.05) is 11.6 Å². The first-order valence-corrected chi connectivity index (χ1v) is 6.08. The molecule has 18 heavy (non-hydrogen) atoms. The van der Waals surface area contributed by atoms with Crippen LogP contribution in [0.25, 0.3) is 11.3 Å². The van der Waals surface area contributed by atoms with Crippen LogP contribution in [-0.2, 0) is 0 Å². The Balaban J connectivity index is 2.45. The summed E-state index contributed by atoms with van der Waals surface area (Å²) in [5, 5.41) is 0.898. The van der Waals surface area contributed by atoms with Crippen LogP contribution in [0.2, 0.25) is 10.0 Å². The maximum Gasteiger partial charge on any atom is 0.185 e. The van der Waals surface area contributed by atoms with E-state index in [0.717, 1.165) is 0 Å². The summed E-state index contributed by atoms with van der Waals surface area (Å²) < 4.78 is 10.6. The molecule has 5 heteroatoms. The second-order valence-corrected chi connectivity index (χ2v) is 4.33. The van der Waals surface area contributed by atoms with Crippen molar-refractivity contribution in [1.82, 2.24) is 0 Å². The first-order valence-electron chi connectivity index (χ1n) is 5.33. The molecule has 1 aromatic carbocycles. The van der Waals surface area contributed by atoms with Crippen LogP contribution in [0.1, 0.15) is 17.5 Å². The van der Waals surface area contributed by atoms with Gasteiger partial charge in [-0.1, -0.05) is 23.2 Å². The molecular formula is C13H10Cl2O3. The SMILES string of the molecule is CCOc1cc(Cl)c(-c2ccc(C=O)o2)cc1Cl. The molecule has 0 bridgehead atoms. The van der Waals surface area contributed by atoms with E-state index in [-0.39, 0.29) is 5.76 Å². The van der Waals surface area contributed by atoms with Crippen LogP contribution in [0.5, 0.6) is 5.75 Å². The van der Waals surface area contributed by atoms with E-state index >= 15 is 0 Å². The number of rotatable bonds is 4. The molecule has 0 aliphatic rings. The third-order valence-electron chi connectivity index (χ3n) is 2.33. The Bertz CT molecular complexity index is 576. The predicted molar refractivity (Wildman–Crippen MR) is 70.7 cm³/mol. The highest BCUT2D eigenvalue weighted by atomic mass is 35.5. The summed E-state index contributed by atoms with van der Waals surface area (Å²) in [6.07, 6.45) is 0.633. The number of hydrogen-bond donors (Lipinski definition) is 0. The molecule has 2 aromatic rings. The fourth-order valence-electron chi connectivity index (χ4n) is 1.54. The minimum absolute atomic E-state index is 0.242. The highest BCUT2D eigenvalue weighted by Gasteiger charge is 2.13. The standard InChI is InChI=1S/C13H10Cl2O3/c1-2-17-13-6-10(14)9(5-11(13)15)12-4-3-8(7-16)18-12/h3-7H,2H2,1H3. The highest BCUT2D eigenvalue weighted by molar-refractivity contribution is 6.36. The van der Waals surface area contributed by atoms with Crippen LogP contribution >= 0.6 is 23.2 Å². The van der Waals surface area contributed by atoms with Crippen molar-refractivity contribution in [2.45, 2.75) is 6.92 Å². The molecule has 3 nitrogen and oxygen atoms in total. The summed E-state index contributed by atoms with van der Waals surface area (Å²) in [6.45, 7) is 2.37. The summed E-state index contributed by atoms with van der Waals surface area (Å²) >= 11 is 12.2. The van der Waals surface area contributed by atoms with Crippen LogP contribution in [0, 0.1) is 0 Å². The zero-order valence-corrected chi connectivity index (χ0v) is 11.1. The molecular weight excluding hydrogens is 275 g/mol. The average Bonchev–Trinajstić information content (AvgIpc) is 2.82. The number of ether oxygens (including phenoxy) is 1. The van der Waals surface area contributed by atoms with Crippen molar-refractivity contribution in [3.05, 3.63) is 40.1 Å². The van der Waals surface area contributed by atoms with Crippen LogP contribution in [0.4, 0.5) is 0 Å². The molecule has 1 heterocycles. The highest BCUT2D eigenvalue weighted by Crippen LogP contribution is 2.37. The summed E-state index contributed by atoms with van der Waals surface area (Å²) in [5.41, 5.74) is 0.623. The molecule has 0 unspecified atom stereocenters. The Kier molecular flexibility index (Phi) is 3.94. The fourth-order valence-corrected chi connectivity index (χ4v) is 2.01. The van der Waals surface area contributed by atoms with Crippen LogP contribution in [-0.4, -0.2) is 12.9 Å². The molecule has 0 radical (unpaired) electrons. The molecule has 94 valence electrons. The second-order valence-electron chi connectivity index (χ2n) is 3.52. The number of aldehydes is 1. The average molecular weight is 285 g/mol. The largest absolute Gasteiger partial charge is 0.492 e. The van der Waals surface area contributed by atoms with Crippen molar-refractivity contribution in [3.8, 4) is 17.1 Å². The lowest BCUT2D eigenvalue weighted by Crippen LogP contribution is -1.92. The fraction of sp³-hybridized carbons (Fsp3) is 0.154. The van der Waals surface area contributed by atoms with Crippen LogP contribution in [0.15, 0.2) is 28.7 Å². The van der Waals surface area contributed by atoms with Crippen molar-refractivity contribution in [2.24, 2.45) is 0 Å². The summed E-state index contributed by atoms with van der Waals surface area (Å²) in [6, 6.07) is 6.53. The molecule has 1 aromatic heterocycles. The van der Waals surface area contributed by atoms with E-state index < -0.39 is 0 Å². The van der Waals surface area contributed by atoms with Crippen molar-refractivity contribution < 1.29 is 13.9 Å². The summed E-state index contributed by atoms with van der Waals surface area (Å²) in [5.74, 6) is 1.26. The first kappa shape index (κ1) is 13.0. The van der Waals surface area contributed by atoms with Gasteiger partial charge in [-0.05, 0) is 25.1 Å². The summed E-state index contributed by atoms with van der Waals surface area (Å²) in [7, 11) is 0. The lowest BCUT2D eigenvalue weighted by molar-refractivity contribution is 0.110. The van der Waals surface area contributed by atoms with Crippen LogP contribution < -0.4 is 4.74 Å². The van der Waals surface area contributed by atoms with E-state index in [1.165, 1.54) is 0 Å². The van der Waals surface area contributed by atoms with Gasteiger partial charge in [0.15, 0.2) is 12.0 Å². The van der Waals surface area contributed by atoms with E-state index in [2.05, 4.69) is 0 Å². The number of hydrogen-bond acceptors (Lipinski definition) is 3. The summed E-state index contributed by atoms with van der Waals surface area (Å²) in [4.78, 5) is 10.6. The van der Waals surface area contributed by atoms with E-state index in [1.54, 1.807) is 24.3 Å². The van der Waals surface area contributed by atoms with Crippen LogP contribution in [0.3, 0.4) is 0 Å². The van der Waals surface area contributed by atoms with Gasteiger partial charge in [0.1, 0.15) is 11.5 Å². The Morgan fingerprint density at radius 1 is 1.28 bits per heavy atom. The normalized spacial score (nSPS) is 10.4. The van der Waals surface area contributed by atoms with Crippen molar-refractivity contribution in [3.63, 3.8) is 0 Å². The van der Waals surface area contributed by atoms with Gasteiger partial charge in [-0.25, -0.2) is 0 Å². The minimum atomic E-state index is 0.242. The van der Waals surface area contributed by atoms with Gasteiger partial charge in [-0.15, -0.1) is 0 Å². The van der Waals surface area contributed by atoms with E-state index in [4.69, 9.17) is 32.4 Å². The molecule has 0 saturated carbocycles. The van der Waals surface area contributed by atoms with Gasteiger partial charge in [0.05, 0.1) is 16.7 Å². The number of furan rings is 1. The van der Waals surface area contributed by atoms with E-state index in [1.807, 2.05) is 6.92 Å². The number of carbonyl (C=O) groups excluding carboxylic acids is 1. The lowest BCUT2D eigenvalue weighted by atomic mass is 10.1. The smallest absolute Gasteiger partial charge is 0.185 e. The van der Waals surface area contributed by atoms with Gasteiger partial charge in [0.25, 0.3) is 0 Å². The molecule has 0 spiro atoms. The maximum absolute atomic E-state index is 10.6. The van der Waals surface area contributed by atoms with Gasteiger partial charge in [-0.3, -0.25) is 4.79 Å². The van der Waals surface area contributed by atoms with E-state index in [9.17, 15) is 4.79 Å². The Hall–Kier alpha value is -1.45. The molecule has 0 fully saturated rings. The molecule has 0 atom stereocenters. The number of halogens is 2. The molecule has 0 saturated heterocycles. The Morgan fingerprint density at radius 3 is 2.67 bits per heavy atom. The first-order chi connectivity index (χ1) is 8.65. The van der Waals surface area contributed by atoms with Crippen molar-refractivity contribution >= 4 is 29.5 Å². The van der Waals surface area contributed by atoms with Crippen molar-refractivity contribution in [1.29, 1.82) is 0 Å². The Labute approximate surface area is 114 Å². The Morgan fingerprint density at radius 2 is 2.06 bits per heavy atom. The molecule has 0 amide bonds. The lowest BCUT2D eigenvalue weighted by Gasteiger charge is -2.08. The number of benzene rings is 1. The third-order valence-corrected chi connectivity index (χ3v) is 2.94. The molecule has 0 aliphatic heterocycles. The van der Waals surface area contributed by atoms with Gasteiger partial charge >= 0.3 is 0 Å². The topological polar surface area (TPSA) is 39.4 Å². The van der Waals surface area contributed by atoms with Gasteiger partial charge in [0.2, 0.25) is 0 Å². The second kappa shape index (κ2) is 5.46. The van der Waals surface area contributed by atoms with Crippen molar-refractivity contribution in [2.75, 3.05) is 6.61 Å². The van der Waals surface area contributed by atoms with E-state index in [0.29, 0.717) is 40.0 Å².